The second-order valence-corrected chi connectivity index (χ2v) is 14.3. The van der Waals surface area contributed by atoms with Crippen LogP contribution in [0, 0.1) is 0 Å². The van der Waals surface area contributed by atoms with Crippen molar-refractivity contribution in [2.24, 2.45) is 0 Å². The molecule has 233 valence electrons. The van der Waals surface area contributed by atoms with Crippen LogP contribution in [0.15, 0.2) is 25.3 Å². The van der Waals surface area contributed by atoms with E-state index in [1.54, 1.807) is 0 Å². The van der Waals surface area contributed by atoms with Crippen molar-refractivity contribution in [1.82, 2.24) is 39.0 Å². The lowest BCUT2D eigenvalue weighted by molar-refractivity contribution is -0.0580. The van der Waals surface area contributed by atoms with E-state index in [0.29, 0.717) is 0 Å². The number of aromatic nitrogens is 8. The molecule has 3 fully saturated rings. The molecule has 0 saturated carbocycles. The van der Waals surface area contributed by atoms with Gasteiger partial charge in [0.2, 0.25) is 0 Å². The smallest absolute Gasteiger partial charge is 0.325 e. The monoisotopic (exact) mass is 672 g/mol. The Hall–Kier alpha value is -2.78. The first-order chi connectivity index (χ1) is 20.9. The van der Waals surface area contributed by atoms with Crippen molar-refractivity contribution in [2.45, 2.75) is 49.2 Å². The maximum absolute atomic E-state index is 16.0. The number of nitrogens with two attached hydrogens (primary N) is 2. The molecule has 7 heterocycles. The van der Waals surface area contributed by atoms with Gasteiger partial charge in [-0.3, -0.25) is 13.7 Å². The average molecular weight is 672 g/mol. The molecule has 5 N–H and O–H groups in total. The van der Waals surface area contributed by atoms with Gasteiger partial charge in [0.05, 0.1) is 33.3 Å². The second-order valence-electron chi connectivity index (χ2n) is 9.92. The third-order valence-electron chi connectivity index (χ3n) is 7.20. The summed E-state index contributed by atoms with van der Waals surface area (Å²) in [6.07, 6.45) is -8.26. The fourth-order valence-corrected chi connectivity index (χ4v) is 7.60. The van der Waals surface area contributed by atoms with E-state index >= 15 is 8.78 Å². The Labute approximate surface area is 251 Å². The van der Waals surface area contributed by atoms with Crippen molar-refractivity contribution in [1.29, 1.82) is 0 Å². The van der Waals surface area contributed by atoms with Crippen LogP contribution in [0.1, 0.15) is 12.5 Å². The fourth-order valence-electron chi connectivity index (χ4n) is 5.19. The van der Waals surface area contributed by atoms with Gasteiger partial charge in [-0.15, -0.1) is 0 Å². The largest absolute Gasteiger partial charge is 0.444 e. The van der Waals surface area contributed by atoms with Crippen LogP contribution in [0.3, 0.4) is 0 Å². The first-order valence-corrected chi connectivity index (χ1v) is 16.9. The molecule has 3 aliphatic heterocycles. The molecular formula is C20H21BF2N10O8P2S-. The molecule has 10 atom stereocenters. The maximum atomic E-state index is 16.0. The molecular weight excluding hydrogens is 651 g/mol. The molecule has 3 saturated heterocycles. The van der Waals surface area contributed by atoms with Gasteiger partial charge in [0, 0.05) is 0 Å². The third kappa shape index (κ3) is 5.18. The van der Waals surface area contributed by atoms with Gasteiger partial charge in [-0.05, 0) is 11.8 Å². The zero-order chi connectivity index (χ0) is 31.0. The number of ether oxygens (including phenoxy) is 2. The molecule has 44 heavy (non-hydrogen) atoms. The fraction of sp³-hybridized carbons (Fsp3) is 0.500. The van der Waals surface area contributed by atoms with Crippen LogP contribution >= 0.6 is 14.2 Å². The second kappa shape index (κ2) is 10.9. The topological polar surface area (TPSA) is 232 Å². The first kappa shape index (κ1) is 29.9. The predicted octanol–water partition coefficient (Wildman–Crippen LogP) is 0.612. The highest BCUT2D eigenvalue weighted by atomic mass is 32.5. The summed E-state index contributed by atoms with van der Waals surface area (Å²) in [4.78, 5) is 35.0. The summed E-state index contributed by atoms with van der Waals surface area (Å²) in [5.74, 6) is 0.0925. The molecule has 18 nitrogen and oxygen atoms in total. The normalized spacial score (nSPS) is 38.3. The summed E-state index contributed by atoms with van der Waals surface area (Å²) >= 11 is 5.12. The van der Waals surface area contributed by atoms with Crippen molar-refractivity contribution in [3.8, 4) is 0 Å². The Morgan fingerprint density at radius 1 is 0.841 bits per heavy atom. The lowest BCUT2D eigenvalue weighted by Gasteiger charge is -2.33. The number of anilines is 2. The number of halogens is 2. The third-order valence-corrected chi connectivity index (χ3v) is 9.80. The van der Waals surface area contributed by atoms with Gasteiger partial charge >= 0.3 is 6.72 Å². The molecule has 0 aromatic carbocycles. The van der Waals surface area contributed by atoms with E-state index in [1.165, 1.54) is 21.8 Å². The van der Waals surface area contributed by atoms with Crippen LogP contribution in [0.2, 0.25) is 0 Å². The first-order valence-electron chi connectivity index (χ1n) is 12.7. The van der Waals surface area contributed by atoms with Crippen molar-refractivity contribution in [3.63, 3.8) is 0 Å². The Morgan fingerprint density at radius 2 is 1.41 bits per heavy atom. The van der Waals surface area contributed by atoms with Gasteiger partial charge in [-0.25, -0.2) is 38.7 Å². The maximum Gasteiger partial charge on any atom is 0.325 e. The van der Waals surface area contributed by atoms with E-state index in [1.807, 2.05) is 0 Å². The summed E-state index contributed by atoms with van der Waals surface area (Å²) in [5, 5.41) is 0. The van der Waals surface area contributed by atoms with E-state index in [2.05, 4.69) is 29.9 Å². The van der Waals surface area contributed by atoms with E-state index in [0.717, 1.165) is 12.7 Å². The van der Waals surface area contributed by atoms with Gasteiger partial charge < -0.3 is 51.5 Å². The SMILES string of the molecule is [B-]P1(=O)OC[C@H]2O[C@@H](n3cnc4c(N)ncnc43)[C@H](F)[C@@H]2OP(O)(=S)OC[C@H]2O[C@@H](n3cnc4c(N)ncnc43)[C@H](O1)C2F. The number of hydrogen-bond donors (Lipinski definition) is 3. The van der Waals surface area contributed by atoms with E-state index in [-0.39, 0.29) is 34.0 Å². The van der Waals surface area contributed by atoms with E-state index < -0.39 is 76.6 Å². The summed E-state index contributed by atoms with van der Waals surface area (Å²) in [6.45, 7) is -5.67. The summed E-state index contributed by atoms with van der Waals surface area (Å²) in [7, 11) is 1.26. The number of alkyl halides is 2. The van der Waals surface area contributed by atoms with Crippen LogP contribution in [-0.2, 0) is 43.9 Å². The molecule has 0 aliphatic carbocycles. The number of rotatable bonds is 2. The molecule has 2 bridgehead atoms. The average Bonchev–Trinajstić information content (AvgIpc) is 3.73. The molecule has 3 radical (unpaired) electrons. The standard InChI is InChI=1S/C20H21BF2N10O8P2S/c21-42(34)36-2-8-13(10(23)19(39-8)32-5-30-11-15(24)26-3-28-17(11)32)41-43(35,44)37-1-7-9(22)14(40-42)20(38-7)33-6-31-12-16(25)27-4-29-18(12)33/h3-10,13-14,19-20H,1-2H2,(H,35,44)(H2,24,26,28)(H2,25,27,29)/q-1/t7-,8-,9?,10-,13-,14-,19-,20-,42?,43?/m1/s1. The molecule has 7 rings (SSSR count). The van der Waals surface area contributed by atoms with Gasteiger partial charge in [0.1, 0.15) is 48.1 Å². The minimum absolute atomic E-state index is 0.0455. The number of hydrogen-bond acceptors (Lipinski definition) is 16. The zero-order valence-corrected chi connectivity index (χ0v) is 24.6. The number of nitrogens with zero attached hydrogens (tertiary/aromatic N) is 8. The molecule has 4 aromatic heterocycles. The predicted molar refractivity (Wildman–Crippen MR) is 149 cm³/mol. The Bertz CT molecular complexity index is 1840. The highest BCUT2D eigenvalue weighted by Gasteiger charge is 2.52. The van der Waals surface area contributed by atoms with Crippen molar-refractivity contribution >= 4 is 67.5 Å². The number of nitrogen functional groups attached to an aromatic ring is 2. The minimum Gasteiger partial charge on any atom is -0.444 e. The lowest BCUT2D eigenvalue weighted by Crippen LogP contribution is -2.34. The zero-order valence-electron chi connectivity index (χ0n) is 22.0. The van der Waals surface area contributed by atoms with Crippen molar-refractivity contribution < 1.29 is 45.8 Å². The van der Waals surface area contributed by atoms with Crippen LogP contribution in [0.25, 0.3) is 22.3 Å². The number of imidazole rings is 2. The van der Waals surface area contributed by atoms with Crippen LogP contribution in [0.5, 0.6) is 0 Å². The highest BCUT2D eigenvalue weighted by Crippen LogP contribution is 2.54. The summed E-state index contributed by atoms with van der Waals surface area (Å²) in [5.41, 5.74) is 12.4. The van der Waals surface area contributed by atoms with E-state index in [9.17, 15) is 9.46 Å². The van der Waals surface area contributed by atoms with Gasteiger partial charge in [-0.1, -0.05) is 0 Å². The van der Waals surface area contributed by atoms with Crippen molar-refractivity contribution in [2.75, 3.05) is 24.7 Å². The van der Waals surface area contributed by atoms with Gasteiger partial charge in [0.25, 0.3) is 0 Å². The molecule has 0 spiro atoms. The Morgan fingerprint density at radius 3 is 2.05 bits per heavy atom. The minimum atomic E-state index is -4.62. The van der Waals surface area contributed by atoms with Crippen LogP contribution in [-0.4, -0.2) is 101 Å². The highest BCUT2D eigenvalue weighted by molar-refractivity contribution is 8.07. The molecule has 3 aliphatic rings. The molecule has 0 amide bonds. The number of fused-ring (bicyclic) bond motifs is 5. The van der Waals surface area contributed by atoms with Crippen LogP contribution < -0.4 is 11.5 Å². The summed E-state index contributed by atoms with van der Waals surface area (Å²) in [6, 6.07) is 0. The molecule has 4 aromatic rings. The molecule has 3 unspecified atom stereocenters. The Kier molecular flexibility index (Phi) is 7.43. The Balaban J connectivity index is 1.20. The van der Waals surface area contributed by atoms with E-state index in [4.69, 9.17) is 58.4 Å². The van der Waals surface area contributed by atoms with Gasteiger partial charge in [-0.2, -0.15) is 0 Å². The summed E-state index contributed by atoms with van der Waals surface area (Å²) < 4.78 is 81.0. The van der Waals surface area contributed by atoms with Crippen LogP contribution in [0.4, 0.5) is 20.4 Å². The quantitative estimate of drug-likeness (QED) is 0.196. The molecule has 24 heteroatoms. The lowest BCUT2D eigenvalue weighted by atomic mass is 10.1. The van der Waals surface area contributed by atoms with Gasteiger partial charge in [0.15, 0.2) is 47.7 Å². The van der Waals surface area contributed by atoms with Crippen molar-refractivity contribution in [3.05, 3.63) is 25.3 Å².